The Bertz CT molecular complexity index is 980. The van der Waals surface area contributed by atoms with Gasteiger partial charge in [0, 0.05) is 5.69 Å². The summed E-state index contributed by atoms with van der Waals surface area (Å²) in [6.07, 6.45) is 0. The van der Waals surface area contributed by atoms with Crippen LogP contribution in [0.5, 0.6) is 0 Å². The fraction of sp³-hybridized carbons (Fsp3) is 0.188. The predicted molar refractivity (Wildman–Crippen MR) is 92.8 cm³/mol. The first kappa shape index (κ1) is 18.9. The van der Waals surface area contributed by atoms with Crippen molar-refractivity contribution in [1.82, 2.24) is 0 Å². The number of methoxy groups -OCH3 is 1. The van der Waals surface area contributed by atoms with Gasteiger partial charge in [0.2, 0.25) is 0 Å². The summed E-state index contributed by atoms with van der Waals surface area (Å²) < 4.78 is 55.3. The Hall–Kier alpha value is -2.39. The number of hydrogen-bond donors (Lipinski definition) is 1. The van der Waals surface area contributed by atoms with Gasteiger partial charge in [0.1, 0.15) is 0 Å². The second-order valence-corrected chi connectivity index (χ2v) is 9.01. The Kier molecular flexibility index (Phi) is 5.48. The molecule has 2 rings (SSSR count). The molecule has 0 atom stereocenters. The molecular formula is C16H17NO6S2. The number of rotatable bonds is 6. The molecule has 1 N–H and O–H groups in total. The normalized spacial score (nSPS) is 11.8. The van der Waals surface area contributed by atoms with Crippen LogP contribution in [0.15, 0.2) is 58.3 Å². The lowest BCUT2D eigenvalue weighted by Crippen LogP contribution is -2.14. The Morgan fingerprint density at radius 3 is 2.20 bits per heavy atom. The minimum absolute atomic E-state index is 0.0433. The number of nitrogens with one attached hydrogen (secondary N) is 1. The van der Waals surface area contributed by atoms with Gasteiger partial charge in [-0.05, 0) is 42.5 Å². The van der Waals surface area contributed by atoms with Crippen LogP contribution < -0.4 is 4.72 Å². The van der Waals surface area contributed by atoms with Crippen molar-refractivity contribution in [2.75, 3.05) is 17.6 Å². The van der Waals surface area contributed by atoms with Crippen LogP contribution in [-0.2, 0) is 24.6 Å². The summed E-state index contributed by atoms with van der Waals surface area (Å²) in [6.45, 7) is 1.53. The second-order valence-electron chi connectivity index (χ2n) is 5.05. The summed E-state index contributed by atoms with van der Waals surface area (Å²) in [5.74, 6) is -0.690. The van der Waals surface area contributed by atoms with Gasteiger partial charge in [-0.1, -0.05) is 13.0 Å². The number of carbonyl (C=O) groups is 1. The quantitative estimate of drug-likeness (QED) is 0.765. The highest BCUT2D eigenvalue weighted by Gasteiger charge is 2.17. The Morgan fingerprint density at radius 2 is 1.64 bits per heavy atom. The fourth-order valence-corrected chi connectivity index (χ4v) is 4.01. The molecular weight excluding hydrogens is 366 g/mol. The lowest BCUT2D eigenvalue weighted by molar-refractivity contribution is 0.0600. The van der Waals surface area contributed by atoms with Crippen LogP contribution in [0.1, 0.15) is 17.3 Å². The van der Waals surface area contributed by atoms with Crippen molar-refractivity contribution in [3.63, 3.8) is 0 Å². The highest BCUT2D eigenvalue weighted by molar-refractivity contribution is 7.92. The molecule has 134 valence electrons. The smallest absolute Gasteiger partial charge is 0.337 e. The maximum atomic E-state index is 12.4. The van der Waals surface area contributed by atoms with E-state index in [4.69, 9.17) is 0 Å². The Morgan fingerprint density at radius 1 is 1.00 bits per heavy atom. The molecule has 0 unspecified atom stereocenters. The predicted octanol–water partition coefficient (Wildman–Crippen LogP) is 2.07. The van der Waals surface area contributed by atoms with Crippen LogP contribution in [0.25, 0.3) is 0 Å². The number of benzene rings is 2. The van der Waals surface area contributed by atoms with E-state index in [9.17, 15) is 21.6 Å². The molecule has 0 radical (unpaired) electrons. The van der Waals surface area contributed by atoms with Gasteiger partial charge < -0.3 is 4.74 Å². The standard InChI is InChI=1S/C16H17NO6S2/c1-3-24(19,20)14-9-7-13(8-10-14)17-25(21,22)15-6-4-5-12(11-15)16(18)23-2/h4-11,17H,3H2,1-2H3. The lowest BCUT2D eigenvalue weighted by atomic mass is 10.2. The lowest BCUT2D eigenvalue weighted by Gasteiger charge is -2.10. The van der Waals surface area contributed by atoms with E-state index in [1.165, 1.54) is 62.6 Å². The zero-order valence-electron chi connectivity index (χ0n) is 13.6. The number of ether oxygens (including phenoxy) is 1. The first-order valence-corrected chi connectivity index (χ1v) is 10.4. The number of anilines is 1. The molecule has 25 heavy (non-hydrogen) atoms. The molecule has 2 aromatic rings. The monoisotopic (exact) mass is 383 g/mol. The molecule has 0 bridgehead atoms. The topological polar surface area (TPSA) is 107 Å². The van der Waals surface area contributed by atoms with Crippen LogP contribution in [0.3, 0.4) is 0 Å². The van der Waals surface area contributed by atoms with Gasteiger partial charge in [0.25, 0.3) is 10.0 Å². The van der Waals surface area contributed by atoms with E-state index < -0.39 is 25.8 Å². The second kappa shape index (κ2) is 7.24. The van der Waals surface area contributed by atoms with Crippen LogP contribution in [0, 0.1) is 0 Å². The van der Waals surface area contributed by atoms with Gasteiger partial charge >= 0.3 is 5.97 Å². The molecule has 0 aliphatic rings. The summed E-state index contributed by atoms with van der Waals surface area (Å²) in [6, 6.07) is 10.8. The van der Waals surface area contributed by atoms with Gasteiger partial charge in [-0.3, -0.25) is 4.72 Å². The van der Waals surface area contributed by atoms with E-state index in [1.807, 2.05) is 0 Å². The summed E-state index contributed by atoms with van der Waals surface area (Å²) in [4.78, 5) is 11.5. The summed E-state index contributed by atoms with van der Waals surface area (Å²) in [7, 11) is -6.09. The van der Waals surface area contributed by atoms with Crippen molar-refractivity contribution in [2.24, 2.45) is 0 Å². The maximum absolute atomic E-state index is 12.4. The SMILES string of the molecule is CCS(=O)(=O)c1ccc(NS(=O)(=O)c2cccc(C(=O)OC)c2)cc1. The average molecular weight is 383 g/mol. The molecule has 0 saturated heterocycles. The Balaban J connectivity index is 2.29. The van der Waals surface area contributed by atoms with Crippen LogP contribution >= 0.6 is 0 Å². The number of carbonyl (C=O) groups excluding carboxylic acids is 1. The molecule has 0 aliphatic carbocycles. The molecule has 0 aliphatic heterocycles. The Labute approximate surface area is 146 Å². The van der Waals surface area contributed by atoms with Crippen molar-refractivity contribution in [3.05, 3.63) is 54.1 Å². The van der Waals surface area contributed by atoms with E-state index in [0.29, 0.717) is 0 Å². The highest BCUT2D eigenvalue weighted by Crippen LogP contribution is 2.20. The minimum atomic E-state index is -3.94. The maximum Gasteiger partial charge on any atom is 0.337 e. The molecule has 0 spiro atoms. The highest BCUT2D eigenvalue weighted by atomic mass is 32.2. The third-order valence-corrected chi connectivity index (χ3v) is 6.54. The number of sulfone groups is 1. The van der Waals surface area contributed by atoms with Gasteiger partial charge in [-0.15, -0.1) is 0 Å². The van der Waals surface area contributed by atoms with Crippen LogP contribution in [0.2, 0.25) is 0 Å². The zero-order chi connectivity index (χ0) is 18.7. The van der Waals surface area contributed by atoms with E-state index in [-0.39, 0.29) is 26.8 Å². The molecule has 0 heterocycles. The summed E-state index contributed by atoms with van der Waals surface area (Å²) >= 11 is 0. The van der Waals surface area contributed by atoms with Gasteiger partial charge in [0.15, 0.2) is 9.84 Å². The number of esters is 1. The van der Waals surface area contributed by atoms with E-state index in [0.717, 1.165) is 0 Å². The molecule has 2 aromatic carbocycles. The van der Waals surface area contributed by atoms with E-state index in [2.05, 4.69) is 9.46 Å². The van der Waals surface area contributed by atoms with Crippen molar-refractivity contribution in [1.29, 1.82) is 0 Å². The molecule has 0 saturated carbocycles. The van der Waals surface area contributed by atoms with Gasteiger partial charge in [-0.2, -0.15) is 0 Å². The third-order valence-electron chi connectivity index (χ3n) is 3.41. The van der Waals surface area contributed by atoms with Gasteiger partial charge in [0.05, 0.1) is 28.2 Å². The van der Waals surface area contributed by atoms with Crippen molar-refractivity contribution in [2.45, 2.75) is 16.7 Å². The van der Waals surface area contributed by atoms with E-state index in [1.54, 1.807) is 0 Å². The summed E-state index contributed by atoms with van der Waals surface area (Å²) in [5.41, 5.74) is 0.313. The van der Waals surface area contributed by atoms with Crippen molar-refractivity contribution >= 4 is 31.5 Å². The van der Waals surface area contributed by atoms with Crippen molar-refractivity contribution < 1.29 is 26.4 Å². The average Bonchev–Trinajstić information content (AvgIpc) is 2.61. The number of sulfonamides is 1. The molecule has 0 amide bonds. The first-order valence-electron chi connectivity index (χ1n) is 7.23. The van der Waals surface area contributed by atoms with Crippen LogP contribution in [-0.4, -0.2) is 35.7 Å². The minimum Gasteiger partial charge on any atom is -0.465 e. The first-order chi connectivity index (χ1) is 11.7. The largest absolute Gasteiger partial charge is 0.465 e. The molecule has 9 heteroatoms. The fourth-order valence-electron chi connectivity index (χ4n) is 2.02. The number of hydrogen-bond acceptors (Lipinski definition) is 6. The van der Waals surface area contributed by atoms with E-state index >= 15 is 0 Å². The molecule has 0 aromatic heterocycles. The molecule has 7 nitrogen and oxygen atoms in total. The molecule has 0 fully saturated rings. The van der Waals surface area contributed by atoms with Gasteiger partial charge in [-0.25, -0.2) is 21.6 Å². The van der Waals surface area contributed by atoms with Crippen LogP contribution in [0.4, 0.5) is 5.69 Å². The summed E-state index contributed by atoms with van der Waals surface area (Å²) in [5, 5.41) is 0. The third kappa shape index (κ3) is 4.37. The van der Waals surface area contributed by atoms with Crippen molar-refractivity contribution in [3.8, 4) is 0 Å². The zero-order valence-corrected chi connectivity index (χ0v) is 15.2.